The van der Waals surface area contributed by atoms with Gasteiger partial charge in [-0.25, -0.2) is 4.98 Å². The lowest BCUT2D eigenvalue weighted by atomic mass is 10.1. The van der Waals surface area contributed by atoms with Gasteiger partial charge in [-0.2, -0.15) is 0 Å². The van der Waals surface area contributed by atoms with Gasteiger partial charge < -0.3 is 10.3 Å². The number of nitrogens with zero attached hydrogens (tertiary/aromatic N) is 1. The molecule has 2 N–H and O–H groups in total. The SMILES string of the molecule is CNCCc1cccc(-c2nc3c(C)cccc3[nH]2)c1. The van der Waals surface area contributed by atoms with Gasteiger partial charge in [-0.15, -0.1) is 0 Å². The molecule has 3 nitrogen and oxygen atoms in total. The van der Waals surface area contributed by atoms with Crippen LogP contribution in [-0.4, -0.2) is 23.6 Å². The van der Waals surface area contributed by atoms with Gasteiger partial charge in [0, 0.05) is 5.56 Å². The number of hydrogen-bond donors (Lipinski definition) is 2. The molecule has 3 aromatic rings. The number of rotatable bonds is 4. The van der Waals surface area contributed by atoms with Crippen LogP contribution in [0.25, 0.3) is 22.4 Å². The number of aromatic amines is 1. The third-order valence-corrected chi connectivity index (χ3v) is 3.58. The number of benzene rings is 2. The van der Waals surface area contributed by atoms with Crippen LogP contribution in [0.3, 0.4) is 0 Å². The van der Waals surface area contributed by atoms with E-state index in [-0.39, 0.29) is 0 Å². The third kappa shape index (κ3) is 2.45. The summed E-state index contributed by atoms with van der Waals surface area (Å²) in [6.45, 7) is 3.08. The Labute approximate surface area is 119 Å². The second-order valence-corrected chi connectivity index (χ2v) is 5.11. The van der Waals surface area contributed by atoms with Gasteiger partial charge in [0.2, 0.25) is 0 Å². The lowest BCUT2D eigenvalue weighted by Gasteiger charge is -2.03. The van der Waals surface area contributed by atoms with E-state index in [0.717, 1.165) is 35.4 Å². The van der Waals surface area contributed by atoms with Crippen molar-refractivity contribution in [1.82, 2.24) is 15.3 Å². The number of H-pyrrole nitrogens is 1. The first-order valence-electron chi connectivity index (χ1n) is 6.97. The number of likely N-dealkylation sites (N-methyl/N-ethyl adjacent to an activating group) is 1. The fraction of sp³-hybridized carbons (Fsp3) is 0.235. The highest BCUT2D eigenvalue weighted by Gasteiger charge is 2.07. The Bertz CT molecular complexity index is 728. The van der Waals surface area contributed by atoms with E-state index in [1.807, 2.05) is 7.05 Å². The van der Waals surface area contributed by atoms with Crippen LogP contribution in [0, 0.1) is 6.92 Å². The number of aryl methyl sites for hydroxylation is 1. The molecule has 0 bridgehead atoms. The molecule has 0 unspecified atom stereocenters. The monoisotopic (exact) mass is 265 g/mol. The number of hydrogen-bond acceptors (Lipinski definition) is 2. The predicted molar refractivity (Wildman–Crippen MR) is 83.9 cm³/mol. The first-order chi connectivity index (χ1) is 9.78. The summed E-state index contributed by atoms with van der Waals surface area (Å²) in [5, 5.41) is 3.18. The number of aromatic nitrogens is 2. The minimum Gasteiger partial charge on any atom is -0.338 e. The van der Waals surface area contributed by atoms with Gasteiger partial charge in [-0.1, -0.05) is 30.3 Å². The molecule has 0 aliphatic rings. The van der Waals surface area contributed by atoms with Crippen LogP contribution < -0.4 is 5.32 Å². The second kappa shape index (κ2) is 5.47. The topological polar surface area (TPSA) is 40.7 Å². The minimum absolute atomic E-state index is 0.945. The van der Waals surface area contributed by atoms with Crippen molar-refractivity contribution in [2.75, 3.05) is 13.6 Å². The summed E-state index contributed by atoms with van der Waals surface area (Å²) in [6.07, 6.45) is 1.03. The van der Waals surface area contributed by atoms with Crippen molar-refractivity contribution in [1.29, 1.82) is 0 Å². The van der Waals surface area contributed by atoms with E-state index in [0.29, 0.717) is 0 Å². The molecule has 0 atom stereocenters. The normalized spacial score (nSPS) is 11.1. The van der Waals surface area contributed by atoms with Gasteiger partial charge in [-0.05, 0) is 50.2 Å². The van der Waals surface area contributed by atoms with Crippen LogP contribution in [0.1, 0.15) is 11.1 Å². The molecule has 2 aromatic carbocycles. The quantitative estimate of drug-likeness (QED) is 0.760. The third-order valence-electron chi connectivity index (χ3n) is 3.58. The van der Waals surface area contributed by atoms with E-state index in [1.165, 1.54) is 11.1 Å². The number of fused-ring (bicyclic) bond motifs is 1. The van der Waals surface area contributed by atoms with Crippen LogP contribution >= 0.6 is 0 Å². The molecular weight excluding hydrogens is 246 g/mol. The summed E-state index contributed by atoms with van der Waals surface area (Å²) in [4.78, 5) is 8.14. The van der Waals surface area contributed by atoms with Gasteiger partial charge in [0.25, 0.3) is 0 Å². The van der Waals surface area contributed by atoms with Crippen molar-refractivity contribution in [3.05, 3.63) is 53.6 Å². The van der Waals surface area contributed by atoms with Gasteiger partial charge >= 0.3 is 0 Å². The second-order valence-electron chi connectivity index (χ2n) is 5.11. The summed E-state index contributed by atoms with van der Waals surface area (Å²) >= 11 is 0. The molecule has 0 fully saturated rings. The molecule has 0 saturated carbocycles. The fourth-order valence-corrected chi connectivity index (χ4v) is 2.46. The van der Waals surface area contributed by atoms with Crippen LogP contribution in [0.15, 0.2) is 42.5 Å². The predicted octanol–water partition coefficient (Wildman–Crippen LogP) is 3.30. The van der Waals surface area contributed by atoms with E-state index >= 15 is 0 Å². The average molecular weight is 265 g/mol. The zero-order chi connectivity index (χ0) is 13.9. The number of nitrogens with one attached hydrogen (secondary N) is 2. The summed E-state index contributed by atoms with van der Waals surface area (Å²) in [6, 6.07) is 14.8. The first-order valence-corrected chi connectivity index (χ1v) is 6.97. The van der Waals surface area contributed by atoms with Crippen molar-refractivity contribution < 1.29 is 0 Å². The molecule has 1 heterocycles. The van der Waals surface area contributed by atoms with Crippen LogP contribution in [0.2, 0.25) is 0 Å². The Balaban J connectivity index is 2.00. The maximum Gasteiger partial charge on any atom is 0.138 e. The van der Waals surface area contributed by atoms with E-state index in [4.69, 9.17) is 4.98 Å². The van der Waals surface area contributed by atoms with Crippen molar-refractivity contribution in [3.63, 3.8) is 0 Å². The van der Waals surface area contributed by atoms with Gasteiger partial charge in [0.1, 0.15) is 5.82 Å². The van der Waals surface area contributed by atoms with Crippen molar-refractivity contribution >= 4 is 11.0 Å². The molecule has 0 saturated heterocycles. The Morgan fingerprint density at radius 2 is 2.00 bits per heavy atom. The maximum atomic E-state index is 4.73. The van der Waals surface area contributed by atoms with Crippen LogP contribution in [0.5, 0.6) is 0 Å². The average Bonchev–Trinajstić information content (AvgIpc) is 2.91. The molecule has 0 spiro atoms. The van der Waals surface area contributed by atoms with E-state index in [2.05, 4.69) is 59.7 Å². The lowest BCUT2D eigenvalue weighted by Crippen LogP contribution is -2.10. The van der Waals surface area contributed by atoms with Crippen molar-refractivity contribution in [2.45, 2.75) is 13.3 Å². The summed E-state index contributed by atoms with van der Waals surface area (Å²) in [7, 11) is 1.98. The van der Waals surface area contributed by atoms with E-state index in [1.54, 1.807) is 0 Å². The molecular formula is C17H19N3. The Morgan fingerprint density at radius 1 is 1.15 bits per heavy atom. The highest BCUT2D eigenvalue weighted by atomic mass is 14.9. The molecule has 0 radical (unpaired) electrons. The molecule has 102 valence electrons. The lowest BCUT2D eigenvalue weighted by molar-refractivity contribution is 0.792. The highest BCUT2D eigenvalue weighted by Crippen LogP contribution is 2.23. The highest BCUT2D eigenvalue weighted by molar-refractivity contribution is 5.82. The molecule has 1 aromatic heterocycles. The fourth-order valence-electron chi connectivity index (χ4n) is 2.46. The first kappa shape index (κ1) is 12.9. The van der Waals surface area contributed by atoms with E-state index in [9.17, 15) is 0 Å². The van der Waals surface area contributed by atoms with Crippen LogP contribution in [0.4, 0.5) is 0 Å². The number of para-hydroxylation sites is 1. The standard InChI is InChI=1S/C17H19N3/c1-12-5-3-8-15-16(12)20-17(19-15)14-7-4-6-13(11-14)9-10-18-2/h3-8,11,18H,9-10H2,1-2H3,(H,19,20). The van der Waals surface area contributed by atoms with E-state index < -0.39 is 0 Å². The summed E-state index contributed by atoms with van der Waals surface area (Å²) in [5.41, 5.74) is 5.84. The number of imidazole rings is 1. The van der Waals surface area contributed by atoms with Crippen molar-refractivity contribution in [3.8, 4) is 11.4 Å². The van der Waals surface area contributed by atoms with Gasteiger partial charge in [0.15, 0.2) is 0 Å². The van der Waals surface area contributed by atoms with Gasteiger partial charge in [-0.3, -0.25) is 0 Å². The molecule has 3 rings (SSSR count). The van der Waals surface area contributed by atoms with Gasteiger partial charge in [0.05, 0.1) is 11.0 Å². The van der Waals surface area contributed by atoms with Crippen molar-refractivity contribution in [2.24, 2.45) is 0 Å². The Morgan fingerprint density at radius 3 is 2.80 bits per heavy atom. The largest absolute Gasteiger partial charge is 0.338 e. The summed E-state index contributed by atoms with van der Waals surface area (Å²) in [5.74, 6) is 0.945. The molecule has 0 aliphatic heterocycles. The Hall–Kier alpha value is -2.13. The minimum atomic E-state index is 0.945. The maximum absolute atomic E-state index is 4.73. The Kier molecular flexibility index (Phi) is 3.52. The smallest absolute Gasteiger partial charge is 0.138 e. The molecule has 20 heavy (non-hydrogen) atoms. The zero-order valence-corrected chi connectivity index (χ0v) is 11.9. The molecule has 3 heteroatoms. The summed E-state index contributed by atoms with van der Waals surface area (Å²) < 4.78 is 0. The molecule has 0 amide bonds. The zero-order valence-electron chi connectivity index (χ0n) is 11.9. The van der Waals surface area contributed by atoms with Crippen LogP contribution in [-0.2, 0) is 6.42 Å². The molecule has 0 aliphatic carbocycles.